The van der Waals surface area contributed by atoms with E-state index >= 15 is 0 Å². The van der Waals surface area contributed by atoms with E-state index in [1.54, 1.807) is 0 Å². The average molecular weight is 250 g/mol. The molecular formula is C13H22N4O. The fourth-order valence-electron chi connectivity index (χ4n) is 1.70. The van der Waals surface area contributed by atoms with Crippen LogP contribution in [0.3, 0.4) is 0 Å². The van der Waals surface area contributed by atoms with Crippen LogP contribution in [0.25, 0.3) is 0 Å². The van der Waals surface area contributed by atoms with Gasteiger partial charge in [0.15, 0.2) is 0 Å². The van der Waals surface area contributed by atoms with E-state index in [-0.39, 0.29) is 11.8 Å². The van der Waals surface area contributed by atoms with Crippen LogP contribution in [0, 0.1) is 0 Å². The highest BCUT2D eigenvalue weighted by Crippen LogP contribution is 2.14. The van der Waals surface area contributed by atoms with Crippen molar-refractivity contribution < 1.29 is 5.21 Å². The van der Waals surface area contributed by atoms with Crippen molar-refractivity contribution in [2.75, 3.05) is 33.7 Å². The second-order valence-electron chi connectivity index (χ2n) is 4.50. The minimum absolute atomic E-state index is 0.0987. The minimum Gasteiger partial charge on any atom is -0.409 e. The van der Waals surface area contributed by atoms with Gasteiger partial charge >= 0.3 is 0 Å². The van der Waals surface area contributed by atoms with Crippen LogP contribution in [0.1, 0.15) is 11.5 Å². The van der Waals surface area contributed by atoms with Gasteiger partial charge in [-0.2, -0.15) is 0 Å². The van der Waals surface area contributed by atoms with E-state index in [0.29, 0.717) is 6.54 Å². The molecule has 1 atom stereocenters. The highest BCUT2D eigenvalue weighted by Gasteiger charge is 2.15. The third-order valence-corrected chi connectivity index (χ3v) is 2.76. The summed E-state index contributed by atoms with van der Waals surface area (Å²) >= 11 is 0. The molecule has 100 valence electrons. The quantitative estimate of drug-likeness (QED) is 0.219. The molecule has 18 heavy (non-hydrogen) atoms. The van der Waals surface area contributed by atoms with Crippen molar-refractivity contribution in [2.24, 2.45) is 10.9 Å². The van der Waals surface area contributed by atoms with Crippen molar-refractivity contribution in [3.05, 3.63) is 35.9 Å². The lowest BCUT2D eigenvalue weighted by Crippen LogP contribution is -2.34. The molecule has 0 aliphatic heterocycles. The molecule has 0 heterocycles. The molecule has 1 unspecified atom stereocenters. The molecule has 0 fully saturated rings. The SMILES string of the molecule is CN(C)CCNCC(C(N)=NO)c1ccccc1. The molecule has 1 aromatic carbocycles. The maximum atomic E-state index is 8.84. The summed E-state index contributed by atoms with van der Waals surface area (Å²) in [6.07, 6.45) is 0. The van der Waals surface area contributed by atoms with Crippen LogP contribution in [-0.2, 0) is 0 Å². The van der Waals surface area contributed by atoms with Crippen molar-refractivity contribution in [3.8, 4) is 0 Å². The second-order valence-corrected chi connectivity index (χ2v) is 4.50. The van der Waals surface area contributed by atoms with Gasteiger partial charge in [0.1, 0.15) is 5.84 Å². The molecule has 0 spiro atoms. The second kappa shape index (κ2) is 7.68. The Morgan fingerprint density at radius 3 is 2.61 bits per heavy atom. The molecule has 0 bridgehead atoms. The van der Waals surface area contributed by atoms with Crippen molar-refractivity contribution in [3.63, 3.8) is 0 Å². The van der Waals surface area contributed by atoms with Gasteiger partial charge in [-0.1, -0.05) is 35.5 Å². The van der Waals surface area contributed by atoms with Crippen LogP contribution >= 0.6 is 0 Å². The maximum Gasteiger partial charge on any atom is 0.147 e. The number of amidine groups is 1. The molecule has 1 aromatic rings. The monoisotopic (exact) mass is 250 g/mol. The zero-order valence-corrected chi connectivity index (χ0v) is 11.0. The van der Waals surface area contributed by atoms with Crippen molar-refractivity contribution in [2.45, 2.75) is 5.92 Å². The first-order valence-electron chi connectivity index (χ1n) is 6.03. The molecule has 5 heteroatoms. The fourth-order valence-corrected chi connectivity index (χ4v) is 1.70. The lowest BCUT2D eigenvalue weighted by atomic mass is 9.98. The standard InChI is InChI=1S/C13H22N4O/c1-17(2)9-8-15-10-12(13(14)16-18)11-6-4-3-5-7-11/h3-7,12,15,18H,8-10H2,1-2H3,(H2,14,16). The van der Waals surface area contributed by atoms with E-state index in [0.717, 1.165) is 18.7 Å². The van der Waals surface area contributed by atoms with Crippen LogP contribution in [0.4, 0.5) is 0 Å². The molecule has 4 N–H and O–H groups in total. The van der Waals surface area contributed by atoms with Gasteiger partial charge in [-0.3, -0.25) is 0 Å². The van der Waals surface area contributed by atoms with Crippen LogP contribution in [0.5, 0.6) is 0 Å². The summed E-state index contributed by atoms with van der Waals surface area (Å²) in [4.78, 5) is 2.11. The lowest BCUT2D eigenvalue weighted by Gasteiger charge is -2.17. The minimum atomic E-state index is -0.0987. The average Bonchev–Trinajstić information content (AvgIpc) is 2.38. The zero-order chi connectivity index (χ0) is 13.4. The summed E-state index contributed by atoms with van der Waals surface area (Å²) in [6.45, 7) is 2.49. The van der Waals surface area contributed by atoms with E-state index in [2.05, 4.69) is 15.4 Å². The number of rotatable bonds is 7. The molecule has 0 saturated carbocycles. The maximum absolute atomic E-state index is 8.84. The Bertz CT molecular complexity index is 365. The lowest BCUT2D eigenvalue weighted by molar-refractivity contribution is 0.315. The van der Waals surface area contributed by atoms with Gasteiger partial charge < -0.3 is 21.2 Å². The largest absolute Gasteiger partial charge is 0.409 e. The number of nitrogens with zero attached hydrogens (tertiary/aromatic N) is 2. The smallest absolute Gasteiger partial charge is 0.147 e. The van der Waals surface area contributed by atoms with E-state index < -0.39 is 0 Å². The summed E-state index contributed by atoms with van der Waals surface area (Å²) in [6, 6.07) is 9.82. The van der Waals surface area contributed by atoms with E-state index in [9.17, 15) is 0 Å². The van der Waals surface area contributed by atoms with Crippen molar-refractivity contribution in [1.82, 2.24) is 10.2 Å². The Hall–Kier alpha value is -1.59. The van der Waals surface area contributed by atoms with Crippen LogP contribution in [-0.4, -0.2) is 49.7 Å². The summed E-state index contributed by atoms with van der Waals surface area (Å²) in [5.74, 6) is 0.136. The van der Waals surface area contributed by atoms with Crippen molar-refractivity contribution >= 4 is 5.84 Å². The van der Waals surface area contributed by atoms with Crippen LogP contribution in [0.2, 0.25) is 0 Å². The van der Waals surface area contributed by atoms with Gasteiger partial charge in [-0.05, 0) is 19.7 Å². The molecule has 0 saturated heterocycles. The Labute approximate surface area is 108 Å². The Morgan fingerprint density at radius 2 is 2.06 bits per heavy atom. The predicted octanol–water partition coefficient (Wildman–Crippen LogP) is 0.668. The molecular weight excluding hydrogens is 228 g/mol. The Balaban J connectivity index is 2.58. The normalized spacial score (nSPS) is 13.8. The zero-order valence-electron chi connectivity index (χ0n) is 11.0. The van der Waals surface area contributed by atoms with Gasteiger partial charge in [-0.15, -0.1) is 0 Å². The van der Waals surface area contributed by atoms with Gasteiger partial charge in [0.25, 0.3) is 0 Å². The highest BCUT2D eigenvalue weighted by atomic mass is 16.4. The first kappa shape index (κ1) is 14.5. The molecule has 0 aromatic heterocycles. The van der Waals surface area contributed by atoms with Crippen LogP contribution < -0.4 is 11.1 Å². The molecule has 0 aliphatic rings. The summed E-state index contributed by atoms with van der Waals surface area (Å²) in [7, 11) is 4.06. The third-order valence-electron chi connectivity index (χ3n) is 2.76. The summed E-state index contributed by atoms with van der Waals surface area (Å²) in [5.41, 5.74) is 6.79. The molecule has 0 aliphatic carbocycles. The highest BCUT2D eigenvalue weighted by molar-refractivity contribution is 5.87. The Kier molecular flexibility index (Phi) is 6.18. The third kappa shape index (κ3) is 4.73. The first-order chi connectivity index (χ1) is 8.65. The summed E-state index contributed by atoms with van der Waals surface area (Å²) < 4.78 is 0. The Morgan fingerprint density at radius 1 is 1.39 bits per heavy atom. The molecule has 0 radical (unpaired) electrons. The summed E-state index contributed by atoms with van der Waals surface area (Å²) in [5, 5.41) is 15.3. The van der Waals surface area contributed by atoms with Gasteiger partial charge in [-0.25, -0.2) is 0 Å². The molecule has 0 amide bonds. The number of hydrogen-bond donors (Lipinski definition) is 3. The van der Waals surface area contributed by atoms with Gasteiger partial charge in [0, 0.05) is 19.6 Å². The van der Waals surface area contributed by atoms with E-state index in [4.69, 9.17) is 10.9 Å². The molecule has 1 rings (SSSR count). The van der Waals surface area contributed by atoms with Gasteiger partial charge in [0.05, 0.1) is 5.92 Å². The number of likely N-dealkylation sites (N-methyl/N-ethyl adjacent to an activating group) is 1. The number of nitrogens with two attached hydrogens (primary N) is 1. The number of hydrogen-bond acceptors (Lipinski definition) is 4. The number of oxime groups is 1. The van der Waals surface area contributed by atoms with Gasteiger partial charge in [0.2, 0.25) is 0 Å². The first-order valence-corrected chi connectivity index (χ1v) is 6.03. The number of nitrogens with one attached hydrogen (secondary N) is 1. The predicted molar refractivity (Wildman–Crippen MR) is 74.0 cm³/mol. The van der Waals surface area contributed by atoms with Crippen LogP contribution in [0.15, 0.2) is 35.5 Å². The number of benzene rings is 1. The fraction of sp³-hybridized carbons (Fsp3) is 0.462. The topological polar surface area (TPSA) is 73.9 Å². The molecule has 5 nitrogen and oxygen atoms in total. The van der Waals surface area contributed by atoms with Crippen molar-refractivity contribution in [1.29, 1.82) is 0 Å². The van der Waals surface area contributed by atoms with E-state index in [1.165, 1.54) is 0 Å². The van der Waals surface area contributed by atoms with E-state index in [1.807, 2.05) is 44.4 Å².